The summed E-state index contributed by atoms with van der Waals surface area (Å²) in [7, 11) is 0. The van der Waals surface area contributed by atoms with E-state index < -0.39 is 5.60 Å². The minimum atomic E-state index is -1.31. The third kappa shape index (κ3) is 2.24. The molecule has 2 aromatic rings. The van der Waals surface area contributed by atoms with Crippen LogP contribution < -0.4 is 5.32 Å². The van der Waals surface area contributed by atoms with Crippen LogP contribution in [0.15, 0.2) is 66.2 Å². The molecule has 1 aliphatic rings. The lowest BCUT2D eigenvalue weighted by Crippen LogP contribution is -2.43. The molecule has 106 valence electrons. The first kappa shape index (κ1) is 13.9. The van der Waals surface area contributed by atoms with Crippen molar-refractivity contribution in [3.8, 4) is 0 Å². The number of fused-ring (bicyclic) bond motifs is 1. The monoisotopic (exact) mass is 298 g/mol. The summed E-state index contributed by atoms with van der Waals surface area (Å²) in [6, 6.07) is 14.8. The molecular formula is C17H15ClN2O. The van der Waals surface area contributed by atoms with Gasteiger partial charge in [-0.1, -0.05) is 48.0 Å². The number of aliphatic hydroxyl groups is 1. The van der Waals surface area contributed by atoms with Gasteiger partial charge in [0.15, 0.2) is 5.60 Å². The smallest absolute Gasteiger partial charge is 0.174 e. The van der Waals surface area contributed by atoms with Gasteiger partial charge in [0, 0.05) is 17.1 Å². The van der Waals surface area contributed by atoms with E-state index in [0.29, 0.717) is 23.0 Å². The summed E-state index contributed by atoms with van der Waals surface area (Å²) in [5.74, 6) is 0.492. The summed E-state index contributed by atoms with van der Waals surface area (Å²) in [5, 5.41) is 15.0. The van der Waals surface area contributed by atoms with E-state index in [-0.39, 0.29) is 0 Å². The number of nitrogens with one attached hydrogen (secondary N) is 1. The molecule has 0 amide bonds. The summed E-state index contributed by atoms with van der Waals surface area (Å²) in [5.41, 5.74) is 0.844. The number of nitrogens with zero attached hydrogens (tertiary/aromatic N) is 1. The van der Waals surface area contributed by atoms with E-state index in [1.807, 2.05) is 36.4 Å². The van der Waals surface area contributed by atoms with Crippen molar-refractivity contribution in [1.29, 1.82) is 0 Å². The number of rotatable bonds is 3. The molecule has 2 aromatic carbocycles. The number of halogens is 1. The van der Waals surface area contributed by atoms with Crippen LogP contribution in [0.4, 0.5) is 5.69 Å². The fourth-order valence-corrected chi connectivity index (χ4v) is 2.70. The lowest BCUT2D eigenvalue weighted by atomic mass is 9.86. The molecule has 1 unspecified atom stereocenters. The van der Waals surface area contributed by atoms with Gasteiger partial charge in [-0.15, -0.1) is 6.58 Å². The van der Waals surface area contributed by atoms with Gasteiger partial charge in [-0.05, 0) is 23.8 Å². The Morgan fingerprint density at radius 3 is 2.71 bits per heavy atom. The molecule has 0 aromatic heterocycles. The zero-order valence-electron chi connectivity index (χ0n) is 11.4. The second-order valence-corrected chi connectivity index (χ2v) is 5.30. The predicted molar refractivity (Wildman–Crippen MR) is 86.2 cm³/mol. The highest BCUT2D eigenvalue weighted by Gasteiger charge is 2.43. The van der Waals surface area contributed by atoms with Gasteiger partial charge in [0.25, 0.3) is 0 Å². The van der Waals surface area contributed by atoms with Crippen molar-refractivity contribution in [2.24, 2.45) is 4.99 Å². The highest BCUT2D eigenvalue weighted by molar-refractivity contribution is 6.30. The molecule has 1 aliphatic heterocycles. The summed E-state index contributed by atoms with van der Waals surface area (Å²) in [4.78, 5) is 4.51. The Morgan fingerprint density at radius 1 is 1.24 bits per heavy atom. The average Bonchev–Trinajstić information content (AvgIpc) is 2.80. The number of benzene rings is 2. The SMILES string of the molecule is C=CCNC1=Nc2ccc(Cl)cc2C1(O)c1ccccc1. The molecule has 0 fully saturated rings. The fourth-order valence-electron chi connectivity index (χ4n) is 2.53. The van der Waals surface area contributed by atoms with Crippen molar-refractivity contribution in [2.75, 3.05) is 6.54 Å². The lowest BCUT2D eigenvalue weighted by Gasteiger charge is -2.27. The van der Waals surface area contributed by atoms with Gasteiger partial charge < -0.3 is 10.4 Å². The Bertz CT molecular complexity index is 712. The van der Waals surface area contributed by atoms with E-state index in [2.05, 4.69) is 16.9 Å². The number of hydrogen-bond donors (Lipinski definition) is 2. The standard InChI is InChI=1S/C17H15ClN2O/c1-2-10-19-16-17(21,12-6-4-3-5-7-12)14-11-13(18)8-9-15(14)20-16/h2-9,11,21H,1,10H2,(H,19,20). The zero-order chi connectivity index (χ0) is 14.9. The van der Waals surface area contributed by atoms with Crippen molar-refractivity contribution in [3.05, 3.63) is 77.3 Å². The molecule has 0 spiro atoms. The normalized spacial score (nSPS) is 19.8. The summed E-state index contributed by atoms with van der Waals surface area (Å²) in [6.07, 6.45) is 1.73. The molecule has 3 nitrogen and oxygen atoms in total. The first-order valence-corrected chi connectivity index (χ1v) is 7.06. The van der Waals surface area contributed by atoms with Crippen LogP contribution in [-0.4, -0.2) is 17.5 Å². The molecular weight excluding hydrogens is 284 g/mol. The van der Waals surface area contributed by atoms with Crippen molar-refractivity contribution >= 4 is 23.1 Å². The van der Waals surface area contributed by atoms with Gasteiger partial charge in [0.1, 0.15) is 5.84 Å². The van der Waals surface area contributed by atoms with Crippen LogP contribution in [0.1, 0.15) is 11.1 Å². The number of amidine groups is 1. The summed E-state index contributed by atoms with van der Waals surface area (Å²) >= 11 is 6.09. The molecule has 0 aliphatic carbocycles. The molecule has 1 heterocycles. The first-order valence-electron chi connectivity index (χ1n) is 6.68. The molecule has 21 heavy (non-hydrogen) atoms. The van der Waals surface area contributed by atoms with E-state index in [9.17, 15) is 5.11 Å². The van der Waals surface area contributed by atoms with E-state index in [1.54, 1.807) is 18.2 Å². The minimum absolute atomic E-state index is 0.492. The fraction of sp³-hybridized carbons (Fsp3) is 0.118. The van der Waals surface area contributed by atoms with Crippen LogP contribution in [0.5, 0.6) is 0 Å². The summed E-state index contributed by atoms with van der Waals surface area (Å²) < 4.78 is 0. The summed E-state index contributed by atoms with van der Waals surface area (Å²) in [6.45, 7) is 4.21. The van der Waals surface area contributed by atoms with Gasteiger partial charge in [-0.3, -0.25) is 0 Å². The van der Waals surface area contributed by atoms with Crippen LogP contribution in [-0.2, 0) is 5.60 Å². The van der Waals surface area contributed by atoms with Crippen molar-refractivity contribution in [2.45, 2.75) is 5.60 Å². The van der Waals surface area contributed by atoms with E-state index >= 15 is 0 Å². The van der Waals surface area contributed by atoms with E-state index in [4.69, 9.17) is 11.6 Å². The van der Waals surface area contributed by atoms with Crippen LogP contribution in [0.3, 0.4) is 0 Å². The second-order valence-electron chi connectivity index (χ2n) is 4.87. The van der Waals surface area contributed by atoms with Gasteiger partial charge in [-0.25, -0.2) is 4.99 Å². The van der Waals surface area contributed by atoms with Crippen LogP contribution in [0, 0.1) is 0 Å². The van der Waals surface area contributed by atoms with Crippen molar-refractivity contribution in [1.82, 2.24) is 5.32 Å². The first-order chi connectivity index (χ1) is 10.2. The molecule has 0 saturated carbocycles. The Morgan fingerprint density at radius 2 is 2.00 bits per heavy atom. The van der Waals surface area contributed by atoms with E-state index in [1.165, 1.54) is 0 Å². The Balaban J connectivity index is 2.17. The quantitative estimate of drug-likeness (QED) is 0.853. The van der Waals surface area contributed by atoms with Gasteiger partial charge in [0.05, 0.1) is 5.69 Å². The van der Waals surface area contributed by atoms with Gasteiger partial charge in [0.2, 0.25) is 0 Å². The molecule has 0 bridgehead atoms. The minimum Gasteiger partial charge on any atom is -0.373 e. The van der Waals surface area contributed by atoms with Gasteiger partial charge >= 0.3 is 0 Å². The maximum Gasteiger partial charge on any atom is 0.174 e. The van der Waals surface area contributed by atoms with Crippen LogP contribution in [0.2, 0.25) is 5.02 Å². The third-order valence-electron chi connectivity index (χ3n) is 3.53. The lowest BCUT2D eigenvalue weighted by molar-refractivity contribution is 0.156. The Labute approximate surface area is 128 Å². The average molecular weight is 299 g/mol. The van der Waals surface area contributed by atoms with Gasteiger partial charge in [-0.2, -0.15) is 0 Å². The Kier molecular flexibility index (Phi) is 3.53. The zero-order valence-corrected chi connectivity index (χ0v) is 12.1. The molecule has 0 saturated heterocycles. The number of aliphatic imine (C=N–C) groups is 1. The highest BCUT2D eigenvalue weighted by atomic mass is 35.5. The van der Waals surface area contributed by atoms with Crippen molar-refractivity contribution < 1.29 is 5.11 Å². The molecule has 0 radical (unpaired) electrons. The largest absolute Gasteiger partial charge is 0.373 e. The predicted octanol–water partition coefficient (Wildman–Crippen LogP) is 3.40. The highest BCUT2D eigenvalue weighted by Crippen LogP contribution is 2.43. The second kappa shape index (κ2) is 5.35. The van der Waals surface area contributed by atoms with Crippen LogP contribution >= 0.6 is 11.6 Å². The van der Waals surface area contributed by atoms with Crippen LogP contribution in [0.25, 0.3) is 0 Å². The molecule has 3 rings (SSSR count). The molecule has 1 atom stereocenters. The molecule has 4 heteroatoms. The maximum atomic E-state index is 11.3. The number of hydrogen-bond acceptors (Lipinski definition) is 3. The maximum absolute atomic E-state index is 11.3. The van der Waals surface area contributed by atoms with Crippen molar-refractivity contribution in [3.63, 3.8) is 0 Å². The topological polar surface area (TPSA) is 44.6 Å². The third-order valence-corrected chi connectivity index (χ3v) is 3.76. The molecule has 2 N–H and O–H groups in total. The van der Waals surface area contributed by atoms with E-state index in [0.717, 1.165) is 11.3 Å². The Hall–Kier alpha value is -2.10.